The van der Waals surface area contributed by atoms with Gasteiger partial charge in [0, 0.05) is 6.42 Å². The van der Waals surface area contributed by atoms with E-state index in [-0.39, 0.29) is 23.4 Å². The van der Waals surface area contributed by atoms with Crippen molar-refractivity contribution in [1.82, 2.24) is 0 Å². The van der Waals surface area contributed by atoms with Crippen molar-refractivity contribution in [3.05, 3.63) is 28.3 Å². The van der Waals surface area contributed by atoms with E-state index in [1.54, 1.807) is 0 Å². The van der Waals surface area contributed by atoms with Crippen molar-refractivity contribution in [3.63, 3.8) is 0 Å². The van der Waals surface area contributed by atoms with E-state index in [2.05, 4.69) is 0 Å². The van der Waals surface area contributed by atoms with Crippen LogP contribution in [0.3, 0.4) is 0 Å². The Bertz CT molecular complexity index is 446. The van der Waals surface area contributed by atoms with Crippen LogP contribution in [0.25, 0.3) is 0 Å². The first-order chi connectivity index (χ1) is 7.71. The highest BCUT2D eigenvalue weighted by Gasteiger charge is 2.34. The summed E-state index contributed by atoms with van der Waals surface area (Å²) in [5, 5.41) is 8.23. The van der Waals surface area contributed by atoms with Gasteiger partial charge in [-0.3, -0.25) is 4.79 Å². The van der Waals surface area contributed by atoms with Crippen molar-refractivity contribution < 1.29 is 23.1 Å². The van der Waals surface area contributed by atoms with Crippen LogP contribution in [0.5, 0.6) is 0 Å². The molecule has 17 heavy (non-hydrogen) atoms. The number of aryl methyl sites for hydroxylation is 1. The standard InChI is InChI=1S/C10H9ClF3NO2/c11-7-4-5(1-2-8(16)17)3-6(9(7)15)10(12,13)14/h3-4H,1-2,15H2,(H,16,17). The van der Waals surface area contributed by atoms with Gasteiger partial charge in [-0.1, -0.05) is 11.6 Å². The zero-order valence-corrected chi connectivity index (χ0v) is 9.27. The van der Waals surface area contributed by atoms with Gasteiger partial charge in [-0.15, -0.1) is 0 Å². The molecule has 94 valence electrons. The van der Waals surface area contributed by atoms with Gasteiger partial charge in [-0.2, -0.15) is 13.2 Å². The third-order valence-electron chi connectivity index (χ3n) is 2.12. The lowest BCUT2D eigenvalue weighted by Gasteiger charge is -2.13. The van der Waals surface area contributed by atoms with Crippen molar-refractivity contribution in [1.29, 1.82) is 0 Å². The van der Waals surface area contributed by atoms with E-state index < -0.39 is 23.4 Å². The Morgan fingerprint density at radius 2 is 2.00 bits per heavy atom. The lowest BCUT2D eigenvalue weighted by Crippen LogP contribution is -2.10. The van der Waals surface area contributed by atoms with Crippen LogP contribution in [-0.2, 0) is 17.4 Å². The molecule has 0 aromatic heterocycles. The van der Waals surface area contributed by atoms with Crippen molar-refractivity contribution in [2.24, 2.45) is 0 Å². The predicted octanol–water partition coefficient (Wildman–Crippen LogP) is 2.96. The van der Waals surface area contributed by atoms with Gasteiger partial charge in [0.15, 0.2) is 0 Å². The van der Waals surface area contributed by atoms with Gasteiger partial charge in [0.2, 0.25) is 0 Å². The molecule has 0 bridgehead atoms. The molecule has 0 radical (unpaired) electrons. The molecule has 3 N–H and O–H groups in total. The molecule has 0 saturated carbocycles. The van der Waals surface area contributed by atoms with E-state index in [9.17, 15) is 18.0 Å². The number of carboxylic acid groups (broad SMARTS) is 1. The van der Waals surface area contributed by atoms with Gasteiger partial charge >= 0.3 is 12.1 Å². The van der Waals surface area contributed by atoms with E-state index in [0.717, 1.165) is 6.07 Å². The molecular formula is C10H9ClF3NO2. The first-order valence-electron chi connectivity index (χ1n) is 4.58. The maximum atomic E-state index is 12.6. The van der Waals surface area contributed by atoms with Gasteiger partial charge in [-0.25, -0.2) is 0 Å². The summed E-state index contributed by atoms with van der Waals surface area (Å²) in [7, 11) is 0. The summed E-state index contributed by atoms with van der Waals surface area (Å²) in [6, 6.07) is 2.07. The SMILES string of the molecule is Nc1c(Cl)cc(CCC(=O)O)cc1C(F)(F)F. The molecule has 0 heterocycles. The van der Waals surface area contributed by atoms with Crippen LogP contribution in [-0.4, -0.2) is 11.1 Å². The van der Waals surface area contributed by atoms with E-state index in [4.69, 9.17) is 22.4 Å². The summed E-state index contributed by atoms with van der Waals surface area (Å²) in [6.07, 6.45) is -4.90. The molecule has 7 heteroatoms. The zero-order chi connectivity index (χ0) is 13.2. The highest BCUT2D eigenvalue weighted by Crippen LogP contribution is 2.37. The van der Waals surface area contributed by atoms with Gasteiger partial charge < -0.3 is 10.8 Å². The number of hydrogen-bond acceptors (Lipinski definition) is 2. The molecule has 0 fully saturated rings. The second-order valence-electron chi connectivity index (χ2n) is 3.43. The minimum atomic E-state index is -4.60. The lowest BCUT2D eigenvalue weighted by atomic mass is 10.0. The second kappa shape index (κ2) is 4.83. The number of carbonyl (C=O) groups is 1. The van der Waals surface area contributed by atoms with Crippen LogP contribution < -0.4 is 5.73 Å². The average Bonchev–Trinajstić information content (AvgIpc) is 2.17. The van der Waals surface area contributed by atoms with Crippen LogP contribution in [0.1, 0.15) is 17.5 Å². The third kappa shape index (κ3) is 3.52. The topological polar surface area (TPSA) is 63.3 Å². The number of aliphatic carboxylic acids is 1. The Labute approximate surface area is 100.0 Å². The first-order valence-corrected chi connectivity index (χ1v) is 4.96. The molecular weight excluding hydrogens is 259 g/mol. The highest BCUT2D eigenvalue weighted by atomic mass is 35.5. The van der Waals surface area contributed by atoms with Crippen molar-refractivity contribution in [3.8, 4) is 0 Å². The van der Waals surface area contributed by atoms with Crippen LogP contribution >= 0.6 is 11.6 Å². The molecule has 0 aliphatic rings. The van der Waals surface area contributed by atoms with Gasteiger partial charge in [0.25, 0.3) is 0 Å². The summed E-state index contributed by atoms with van der Waals surface area (Å²) in [4.78, 5) is 10.3. The number of hydrogen-bond donors (Lipinski definition) is 2. The van der Waals surface area contributed by atoms with Crippen molar-refractivity contribution >= 4 is 23.3 Å². The number of carboxylic acids is 1. The number of halogens is 4. The molecule has 1 rings (SSSR count). The largest absolute Gasteiger partial charge is 0.481 e. The Balaban J connectivity index is 3.11. The van der Waals surface area contributed by atoms with Crippen molar-refractivity contribution in [2.75, 3.05) is 5.73 Å². The van der Waals surface area contributed by atoms with Crippen LogP contribution in [0.15, 0.2) is 12.1 Å². The van der Waals surface area contributed by atoms with E-state index >= 15 is 0 Å². The average molecular weight is 268 g/mol. The Morgan fingerprint density at radius 1 is 1.41 bits per heavy atom. The fourth-order valence-corrected chi connectivity index (χ4v) is 1.55. The fourth-order valence-electron chi connectivity index (χ4n) is 1.30. The Hall–Kier alpha value is -1.43. The number of nitrogen functional groups attached to an aromatic ring is 1. The first kappa shape index (κ1) is 13.6. The summed E-state index contributed by atoms with van der Waals surface area (Å²) in [5.41, 5.74) is 3.84. The molecule has 1 aromatic rings. The third-order valence-corrected chi connectivity index (χ3v) is 2.43. The molecule has 0 saturated heterocycles. The van der Waals surface area contributed by atoms with Gasteiger partial charge in [0.05, 0.1) is 16.3 Å². The van der Waals surface area contributed by atoms with Crippen molar-refractivity contribution in [2.45, 2.75) is 19.0 Å². The van der Waals surface area contributed by atoms with Crippen LogP contribution in [0.4, 0.5) is 18.9 Å². The maximum Gasteiger partial charge on any atom is 0.418 e. The number of nitrogens with two attached hydrogens (primary N) is 1. The molecule has 0 unspecified atom stereocenters. The molecule has 0 atom stereocenters. The number of alkyl halides is 3. The fraction of sp³-hybridized carbons (Fsp3) is 0.300. The minimum Gasteiger partial charge on any atom is -0.481 e. The normalized spacial score (nSPS) is 11.5. The Kier molecular flexibility index (Phi) is 3.87. The second-order valence-corrected chi connectivity index (χ2v) is 3.84. The molecule has 0 amide bonds. The molecule has 0 aliphatic carbocycles. The van der Waals surface area contributed by atoms with Gasteiger partial charge in [-0.05, 0) is 24.1 Å². The summed E-state index contributed by atoms with van der Waals surface area (Å²) in [5.74, 6) is -1.09. The van der Waals surface area contributed by atoms with E-state index in [1.807, 2.05) is 0 Å². The number of benzene rings is 1. The van der Waals surface area contributed by atoms with Gasteiger partial charge in [0.1, 0.15) is 0 Å². The quantitative estimate of drug-likeness (QED) is 0.828. The lowest BCUT2D eigenvalue weighted by molar-refractivity contribution is -0.137. The van der Waals surface area contributed by atoms with E-state index in [0.29, 0.717) is 0 Å². The zero-order valence-electron chi connectivity index (χ0n) is 8.51. The Morgan fingerprint density at radius 3 is 2.47 bits per heavy atom. The number of anilines is 1. The highest BCUT2D eigenvalue weighted by molar-refractivity contribution is 6.33. The number of rotatable bonds is 3. The van der Waals surface area contributed by atoms with E-state index in [1.165, 1.54) is 6.07 Å². The van der Waals surface area contributed by atoms with Crippen LogP contribution in [0.2, 0.25) is 5.02 Å². The van der Waals surface area contributed by atoms with Crippen LogP contribution in [0, 0.1) is 0 Å². The molecule has 1 aromatic carbocycles. The smallest absolute Gasteiger partial charge is 0.418 e. The predicted molar refractivity (Wildman–Crippen MR) is 56.8 cm³/mol. The molecule has 0 aliphatic heterocycles. The minimum absolute atomic E-state index is 0.0294. The summed E-state index contributed by atoms with van der Waals surface area (Å²) in [6.45, 7) is 0. The maximum absolute atomic E-state index is 12.6. The summed E-state index contributed by atoms with van der Waals surface area (Å²) < 4.78 is 37.7. The summed E-state index contributed by atoms with van der Waals surface area (Å²) >= 11 is 5.57. The monoisotopic (exact) mass is 267 g/mol. The molecule has 0 spiro atoms. The molecule has 3 nitrogen and oxygen atoms in total.